The minimum absolute atomic E-state index is 0.0117. The molecule has 0 aliphatic carbocycles. The molecule has 0 bridgehead atoms. The first-order valence-electron chi connectivity index (χ1n) is 10.8. The summed E-state index contributed by atoms with van der Waals surface area (Å²) in [5.74, 6) is 0.0363. The van der Waals surface area contributed by atoms with E-state index in [0.29, 0.717) is 6.42 Å². The number of anilines is 1. The van der Waals surface area contributed by atoms with Crippen molar-refractivity contribution >= 4 is 23.4 Å². The summed E-state index contributed by atoms with van der Waals surface area (Å²) in [7, 11) is 0. The Morgan fingerprint density at radius 3 is 1.97 bits per heavy atom. The van der Waals surface area contributed by atoms with E-state index in [1.54, 1.807) is 11.8 Å². The fraction of sp³-hybridized carbons (Fsp3) is 0.138. The first-order chi connectivity index (χ1) is 15.6. The summed E-state index contributed by atoms with van der Waals surface area (Å²) in [6.45, 7) is 4.24. The molecule has 0 aliphatic rings. The van der Waals surface area contributed by atoms with Crippen LogP contribution < -0.4 is 5.32 Å². The van der Waals surface area contributed by atoms with E-state index in [9.17, 15) is 4.79 Å². The molecule has 0 heterocycles. The second-order valence-corrected chi connectivity index (χ2v) is 9.14. The predicted molar refractivity (Wildman–Crippen MR) is 134 cm³/mol. The van der Waals surface area contributed by atoms with E-state index in [4.69, 9.17) is 0 Å². The van der Waals surface area contributed by atoms with Crippen LogP contribution in [0.2, 0.25) is 0 Å². The fourth-order valence-electron chi connectivity index (χ4n) is 3.75. The van der Waals surface area contributed by atoms with Crippen LogP contribution in [0.3, 0.4) is 0 Å². The van der Waals surface area contributed by atoms with Crippen LogP contribution in [0, 0.1) is 13.8 Å². The van der Waals surface area contributed by atoms with Gasteiger partial charge in [-0.15, -0.1) is 0 Å². The third-order valence-corrected chi connectivity index (χ3v) is 6.67. The normalized spacial score (nSPS) is 10.8. The molecular weight excluding hydrogens is 410 g/mol. The highest BCUT2D eigenvalue weighted by Gasteiger charge is 2.18. The number of hydrogen-bond acceptors (Lipinski definition) is 2. The van der Waals surface area contributed by atoms with Crippen molar-refractivity contribution in [3.05, 3.63) is 125 Å². The summed E-state index contributed by atoms with van der Waals surface area (Å²) in [6.07, 6.45) is 0.396. The zero-order valence-electron chi connectivity index (χ0n) is 18.4. The van der Waals surface area contributed by atoms with Crippen LogP contribution in [0.1, 0.15) is 34.6 Å². The molecule has 160 valence electrons. The van der Waals surface area contributed by atoms with Crippen LogP contribution >= 0.6 is 11.8 Å². The van der Waals surface area contributed by atoms with Gasteiger partial charge in [-0.3, -0.25) is 4.79 Å². The van der Waals surface area contributed by atoms with Crippen molar-refractivity contribution in [3.8, 4) is 0 Å². The van der Waals surface area contributed by atoms with E-state index in [0.717, 1.165) is 21.7 Å². The number of nitrogens with one attached hydrogen (secondary N) is 1. The minimum Gasteiger partial charge on any atom is -0.326 e. The van der Waals surface area contributed by atoms with Crippen molar-refractivity contribution in [2.24, 2.45) is 0 Å². The van der Waals surface area contributed by atoms with E-state index < -0.39 is 0 Å². The highest BCUT2D eigenvalue weighted by atomic mass is 32.2. The first kappa shape index (κ1) is 21.9. The van der Waals surface area contributed by atoms with Gasteiger partial charge in [-0.25, -0.2) is 0 Å². The molecule has 0 atom stereocenters. The maximum absolute atomic E-state index is 12.9. The summed E-state index contributed by atoms with van der Waals surface area (Å²) in [6, 6.07) is 35.0. The van der Waals surface area contributed by atoms with Crippen LogP contribution in [-0.2, 0) is 4.79 Å². The average molecular weight is 438 g/mol. The van der Waals surface area contributed by atoms with Gasteiger partial charge in [0.05, 0.1) is 0 Å². The van der Waals surface area contributed by atoms with Gasteiger partial charge in [0.1, 0.15) is 0 Å². The van der Waals surface area contributed by atoms with Gasteiger partial charge in [-0.05, 0) is 66.4 Å². The van der Waals surface area contributed by atoms with Gasteiger partial charge in [0.25, 0.3) is 0 Å². The minimum atomic E-state index is 0.0117. The number of carbonyl (C=O) groups excluding carboxylic acids is 1. The highest BCUT2D eigenvalue weighted by Crippen LogP contribution is 2.32. The van der Waals surface area contributed by atoms with Crippen LogP contribution in [0.5, 0.6) is 0 Å². The Bertz CT molecular complexity index is 1130. The molecular formula is C29H27NOS. The molecule has 1 N–H and O–H groups in total. The van der Waals surface area contributed by atoms with Crippen LogP contribution in [0.4, 0.5) is 5.69 Å². The molecule has 0 unspecified atom stereocenters. The van der Waals surface area contributed by atoms with Gasteiger partial charge in [0.2, 0.25) is 5.91 Å². The van der Waals surface area contributed by atoms with Crippen molar-refractivity contribution < 1.29 is 4.79 Å². The van der Waals surface area contributed by atoms with Crippen molar-refractivity contribution in [3.63, 3.8) is 0 Å². The SMILES string of the molecule is Cc1ccc(C)c(Sc2ccc(NC(=O)CC(c3ccccc3)c3ccccc3)cc2)c1. The van der Waals surface area contributed by atoms with Crippen molar-refractivity contribution in [1.29, 1.82) is 0 Å². The van der Waals surface area contributed by atoms with Crippen LogP contribution in [0.15, 0.2) is 113 Å². The topological polar surface area (TPSA) is 29.1 Å². The molecule has 0 fully saturated rings. The molecule has 0 saturated heterocycles. The van der Waals surface area contributed by atoms with Crippen molar-refractivity contribution in [1.82, 2.24) is 0 Å². The molecule has 0 aliphatic heterocycles. The van der Waals surface area contributed by atoms with Crippen LogP contribution in [-0.4, -0.2) is 5.91 Å². The summed E-state index contributed by atoms with van der Waals surface area (Å²) in [4.78, 5) is 15.3. The number of rotatable bonds is 7. The second-order valence-electron chi connectivity index (χ2n) is 8.02. The summed E-state index contributed by atoms with van der Waals surface area (Å²) in [5.41, 5.74) is 5.64. The van der Waals surface area contributed by atoms with Gasteiger partial charge >= 0.3 is 0 Å². The van der Waals surface area contributed by atoms with Crippen molar-refractivity contribution in [2.45, 2.75) is 36.0 Å². The van der Waals surface area contributed by atoms with Crippen LogP contribution in [0.25, 0.3) is 0 Å². The summed E-state index contributed by atoms with van der Waals surface area (Å²) in [5, 5.41) is 3.08. The summed E-state index contributed by atoms with van der Waals surface area (Å²) < 4.78 is 0. The Kier molecular flexibility index (Phi) is 7.08. The zero-order valence-corrected chi connectivity index (χ0v) is 19.2. The third-order valence-electron chi connectivity index (χ3n) is 5.50. The Labute approximate surface area is 194 Å². The fourth-order valence-corrected chi connectivity index (χ4v) is 4.75. The van der Waals surface area contributed by atoms with E-state index in [1.165, 1.54) is 16.0 Å². The second kappa shape index (κ2) is 10.3. The molecule has 4 aromatic rings. The number of carbonyl (C=O) groups is 1. The largest absolute Gasteiger partial charge is 0.326 e. The smallest absolute Gasteiger partial charge is 0.225 e. The van der Waals surface area contributed by atoms with E-state index in [1.807, 2.05) is 48.5 Å². The Hall–Kier alpha value is -3.30. The predicted octanol–water partition coefficient (Wildman–Crippen LogP) is 7.62. The Balaban J connectivity index is 1.44. The lowest BCUT2D eigenvalue weighted by Crippen LogP contribution is -2.16. The number of hydrogen-bond donors (Lipinski definition) is 1. The molecule has 4 aromatic carbocycles. The monoisotopic (exact) mass is 437 g/mol. The maximum atomic E-state index is 12.9. The first-order valence-corrected chi connectivity index (χ1v) is 11.6. The molecule has 0 aromatic heterocycles. The lowest BCUT2D eigenvalue weighted by atomic mass is 9.88. The molecule has 4 rings (SSSR count). The lowest BCUT2D eigenvalue weighted by molar-refractivity contribution is -0.116. The van der Waals surface area contributed by atoms with Crippen molar-refractivity contribution in [2.75, 3.05) is 5.32 Å². The maximum Gasteiger partial charge on any atom is 0.225 e. The van der Waals surface area contributed by atoms with Gasteiger partial charge in [0, 0.05) is 27.8 Å². The zero-order chi connectivity index (χ0) is 22.3. The van der Waals surface area contributed by atoms with E-state index >= 15 is 0 Å². The lowest BCUT2D eigenvalue weighted by Gasteiger charge is -2.18. The molecule has 3 heteroatoms. The van der Waals surface area contributed by atoms with Gasteiger partial charge in [-0.2, -0.15) is 0 Å². The quantitative estimate of drug-likeness (QED) is 0.322. The van der Waals surface area contributed by atoms with Gasteiger partial charge in [0.15, 0.2) is 0 Å². The van der Waals surface area contributed by atoms with Gasteiger partial charge in [-0.1, -0.05) is 84.6 Å². The molecule has 0 radical (unpaired) electrons. The molecule has 0 saturated carbocycles. The summed E-state index contributed by atoms with van der Waals surface area (Å²) >= 11 is 1.75. The van der Waals surface area contributed by atoms with Gasteiger partial charge < -0.3 is 5.32 Å². The molecule has 0 spiro atoms. The highest BCUT2D eigenvalue weighted by molar-refractivity contribution is 7.99. The number of aryl methyl sites for hydroxylation is 2. The average Bonchev–Trinajstić information content (AvgIpc) is 2.82. The number of amides is 1. The molecule has 2 nitrogen and oxygen atoms in total. The van der Waals surface area contributed by atoms with E-state index in [2.05, 4.69) is 73.8 Å². The van der Waals surface area contributed by atoms with E-state index in [-0.39, 0.29) is 11.8 Å². The molecule has 32 heavy (non-hydrogen) atoms. The molecule has 1 amide bonds. The third kappa shape index (κ3) is 5.68. The number of benzene rings is 4. The Morgan fingerprint density at radius 2 is 1.38 bits per heavy atom. The standard InChI is InChI=1S/C29H27NOS/c1-21-13-14-22(2)28(19-21)32-26-17-15-25(16-18-26)30-29(31)20-27(23-9-5-3-6-10-23)24-11-7-4-8-12-24/h3-19,27H,20H2,1-2H3,(H,30,31). The Morgan fingerprint density at radius 1 is 0.781 bits per heavy atom.